The van der Waals surface area contributed by atoms with Crippen LogP contribution in [0.3, 0.4) is 0 Å². The molecule has 17 heavy (non-hydrogen) atoms. The SMILES string of the molecule is IC1=CC=C(c2ccc3ccccc3c2)CC1. The minimum atomic E-state index is 1.16. The van der Waals surface area contributed by atoms with Gasteiger partial charge in [0, 0.05) is 0 Å². The van der Waals surface area contributed by atoms with Crippen LogP contribution in [0.2, 0.25) is 0 Å². The monoisotopic (exact) mass is 332 g/mol. The Morgan fingerprint density at radius 2 is 1.65 bits per heavy atom. The van der Waals surface area contributed by atoms with Crippen molar-refractivity contribution in [3.63, 3.8) is 0 Å². The molecule has 3 rings (SSSR count). The van der Waals surface area contributed by atoms with E-state index in [2.05, 4.69) is 77.2 Å². The summed E-state index contributed by atoms with van der Waals surface area (Å²) in [5.41, 5.74) is 2.82. The molecule has 2 aromatic carbocycles. The Balaban J connectivity index is 2.07. The van der Waals surface area contributed by atoms with Crippen molar-refractivity contribution in [2.75, 3.05) is 0 Å². The molecule has 0 nitrogen and oxygen atoms in total. The van der Waals surface area contributed by atoms with E-state index in [4.69, 9.17) is 0 Å². The summed E-state index contributed by atoms with van der Waals surface area (Å²) in [5.74, 6) is 0. The van der Waals surface area contributed by atoms with E-state index in [1.807, 2.05) is 0 Å². The molecule has 0 N–H and O–H groups in total. The summed E-state index contributed by atoms with van der Waals surface area (Å²) in [4.78, 5) is 0. The van der Waals surface area contributed by atoms with Gasteiger partial charge in [0.2, 0.25) is 0 Å². The quantitative estimate of drug-likeness (QED) is 0.619. The van der Waals surface area contributed by atoms with Crippen LogP contribution in [-0.2, 0) is 0 Å². The third-order valence-corrected chi connectivity index (χ3v) is 4.12. The number of hydrogen-bond donors (Lipinski definition) is 0. The van der Waals surface area contributed by atoms with Crippen molar-refractivity contribution in [1.29, 1.82) is 0 Å². The largest absolute Gasteiger partial charge is 0.0616 e. The van der Waals surface area contributed by atoms with Crippen LogP contribution in [0.4, 0.5) is 0 Å². The van der Waals surface area contributed by atoms with Gasteiger partial charge in [-0.05, 0) is 67.0 Å². The Labute approximate surface area is 115 Å². The number of benzene rings is 2. The van der Waals surface area contributed by atoms with Gasteiger partial charge in [-0.2, -0.15) is 0 Å². The lowest BCUT2D eigenvalue weighted by Gasteiger charge is -2.12. The molecule has 1 heteroatoms. The maximum Gasteiger partial charge on any atom is -0.00906 e. The minimum Gasteiger partial charge on any atom is -0.0616 e. The molecule has 0 aromatic heterocycles. The van der Waals surface area contributed by atoms with Crippen molar-refractivity contribution in [3.8, 4) is 0 Å². The van der Waals surface area contributed by atoms with Crippen LogP contribution in [0.15, 0.2) is 58.2 Å². The fourth-order valence-corrected chi connectivity index (χ4v) is 2.69. The van der Waals surface area contributed by atoms with Gasteiger partial charge in [0.05, 0.1) is 0 Å². The molecule has 0 atom stereocenters. The molecule has 1 aliphatic carbocycles. The van der Waals surface area contributed by atoms with Crippen LogP contribution >= 0.6 is 22.6 Å². The molecular weight excluding hydrogens is 319 g/mol. The summed E-state index contributed by atoms with van der Waals surface area (Å²) >= 11 is 2.42. The Kier molecular flexibility index (Phi) is 3.02. The van der Waals surface area contributed by atoms with E-state index >= 15 is 0 Å². The molecule has 0 bridgehead atoms. The summed E-state index contributed by atoms with van der Waals surface area (Å²) in [6.45, 7) is 0. The lowest BCUT2D eigenvalue weighted by molar-refractivity contribution is 1.05. The van der Waals surface area contributed by atoms with E-state index in [-0.39, 0.29) is 0 Å². The third kappa shape index (κ3) is 2.29. The molecular formula is C16H13I. The summed E-state index contributed by atoms with van der Waals surface area (Å²) in [5, 5.41) is 2.65. The van der Waals surface area contributed by atoms with E-state index in [0.29, 0.717) is 0 Å². The van der Waals surface area contributed by atoms with Crippen LogP contribution in [-0.4, -0.2) is 0 Å². The molecule has 84 valence electrons. The molecule has 0 saturated carbocycles. The lowest BCUT2D eigenvalue weighted by Crippen LogP contribution is -1.90. The second-order valence-corrected chi connectivity index (χ2v) is 5.75. The number of halogens is 1. The molecule has 0 unspecified atom stereocenters. The number of fused-ring (bicyclic) bond motifs is 1. The highest BCUT2D eigenvalue weighted by molar-refractivity contribution is 14.1. The van der Waals surface area contributed by atoms with Gasteiger partial charge >= 0.3 is 0 Å². The summed E-state index contributed by atoms with van der Waals surface area (Å²) in [6, 6.07) is 15.3. The molecule has 0 amide bonds. The normalized spacial score (nSPS) is 15.6. The fraction of sp³-hybridized carbons (Fsp3) is 0.125. The van der Waals surface area contributed by atoms with Crippen molar-refractivity contribution < 1.29 is 0 Å². The Bertz CT molecular complexity index is 620. The predicted molar refractivity (Wildman–Crippen MR) is 83.3 cm³/mol. The van der Waals surface area contributed by atoms with Gasteiger partial charge in [0.15, 0.2) is 0 Å². The molecule has 2 aromatic rings. The van der Waals surface area contributed by atoms with Crippen LogP contribution < -0.4 is 0 Å². The minimum absolute atomic E-state index is 1.16. The molecule has 0 radical (unpaired) electrons. The van der Waals surface area contributed by atoms with E-state index in [1.165, 1.54) is 31.9 Å². The molecule has 1 aliphatic rings. The summed E-state index contributed by atoms with van der Waals surface area (Å²) in [7, 11) is 0. The predicted octanol–water partition coefficient (Wildman–Crippen LogP) is 5.34. The number of rotatable bonds is 1. The topological polar surface area (TPSA) is 0 Å². The maximum atomic E-state index is 2.42. The van der Waals surface area contributed by atoms with Crippen LogP contribution in [0.25, 0.3) is 16.3 Å². The first-order chi connectivity index (χ1) is 8.33. The zero-order valence-electron chi connectivity index (χ0n) is 9.49. The highest BCUT2D eigenvalue weighted by atomic mass is 127. The highest BCUT2D eigenvalue weighted by Gasteiger charge is 2.06. The summed E-state index contributed by atoms with van der Waals surface area (Å²) in [6.07, 6.45) is 6.83. The maximum absolute atomic E-state index is 2.42. The van der Waals surface area contributed by atoms with Gasteiger partial charge in [0.1, 0.15) is 0 Å². The van der Waals surface area contributed by atoms with Crippen molar-refractivity contribution in [3.05, 3.63) is 63.8 Å². The standard InChI is InChI=1S/C16H13I/c17-16-9-7-13(8-10-16)15-6-5-12-3-1-2-4-14(12)11-15/h1-7,9,11H,8,10H2. The smallest absolute Gasteiger partial charge is 0.00906 e. The van der Waals surface area contributed by atoms with Gasteiger partial charge in [-0.1, -0.05) is 48.6 Å². The zero-order chi connectivity index (χ0) is 11.7. The van der Waals surface area contributed by atoms with Crippen molar-refractivity contribution >= 4 is 38.9 Å². The average Bonchev–Trinajstić information content (AvgIpc) is 2.39. The Morgan fingerprint density at radius 1 is 0.824 bits per heavy atom. The van der Waals surface area contributed by atoms with Crippen LogP contribution in [0.5, 0.6) is 0 Å². The van der Waals surface area contributed by atoms with Gasteiger partial charge in [0.25, 0.3) is 0 Å². The number of allylic oxidation sites excluding steroid dienone is 4. The van der Waals surface area contributed by atoms with E-state index in [9.17, 15) is 0 Å². The lowest BCUT2D eigenvalue weighted by atomic mass is 9.95. The Hall–Kier alpha value is -1.09. The second-order valence-electron chi connectivity index (χ2n) is 4.37. The van der Waals surface area contributed by atoms with E-state index in [1.54, 1.807) is 0 Å². The van der Waals surface area contributed by atoms with E-state index < -0.39 is 0 Å². The van der Waals surface area contributed by atoms with Gasteiger partial charge < -0.3 is 0 Å². The zero-order valence-corrected chi connectivity index (χ0v) is 11.6. The third-order valence-electron chi connectivity index (χ3n) is 3.22. The van der Waals surface area contributed by atoms with Crippen LogP contribution in [0.1, 0.15) is 18.4 Å². The average molecular weight is 332 g/mol. The Morgan fingerprint density at radius 3 is 2.41 bits per heavy atom. The molecule has 0 aliphatic heterocycles. The molecule has 0 spiro atoms. The van der Waals surface area contributed by atoms with Gasteiger partial charge in [-0.3, -0.25) is 0 Å². The van der Waals surface area contributed by atoms with Crippen molar-refractivity contribution in [2.45, 2.75) is 12.8 Å². The summed E-state index contributed by atoms with van der Waals surface area (Å²) < 4.78 is 1.45. The first-order valence-electron chi connectivity index (χ1n) is 5.87. The van der Waals surface area contributed by atoms with Crippen molar-refractivity contribution in [2.24, 2.45) is 0 Å². The number of hydrogen-bond acceptors (Lipinski definition) is 0. The highest BCUT2D eigenvalue weighted by Crippen LogP contribution is 2.30. The molecule has 0 heterocycles. The van der Waals surface area contributed by atoms with Gasteiger partial charge in [-0.25, -0.2) is 0 Å². The first kappa shape index (κ1) is 11.0. The fourth-order valence-electron chi connectivity index (χ4n) is 2.24. The van der Waals surface area contributed by atoms with E-state index in [0.717, 1.165) is 6.42 Å². The molecule has 0 saturated heterocycles. The first-order valence-corrected chi connectivity index (χ1v) is 6.95. The van der Waals surface area contributed by atoms with Crippen LogP contribution in [0, 0.1) is 0 Å². The second kappa shape index (κ2) is 4.65. The van der Waals surface area contributed by atoms with Crippen molar-refractivity contribution in [1.82, 2.24) is 0 Å². The molecule has 0 fully saturated rings. The van der Waals surface area contributed by atoms with Gasteiger partial charge in [-0.15, -0.1) is 0 Å².